The summed E-state index contributed by atoms with van der Waals surface area (Å²) in [6.07, 6.45) is 0. The Morgan fingerprint density at radius 1 is 1.15 bits per heavy atom. The van der Waals surface area contributed by atoms with Gasteiger partial charge in [-0.3, -0.25) is 9.59 Å². The van der Waals surface area contributed by atoms with E-state index in [4.69, 9.17) is 0 Å². The first-order chi connectivity index (χ1) is 15.7. The highest BCUT2D eigenvalue weighted by atomic mass is 79.9. The van der Waals surface area contributed by atoms with Gasteiger partial charge in [0, 0.05) is 23.2 Å². The summed E-state index contributed by atoms with van der Waals surface area (Å²) < 4.78 is 29.0. The third-order valence-electron chi connectivity index (χ3n) is 4.74. The number of aromatic nitrogens is 3. The van der Waals surface area contributed by atoms with Crippen LogP contribution in [0.5, 0.6) is 0 Å². The second kappa shape index (κ2) is 10.9. The van der Waals surface area contributed by atoms with Crippen LogP contribution >= 0.6 is 27.7 Å². The maximum atomic E-state index is 13.9. The van der Waals surface area contributed by atoms with E-state index in [1.165, 1.54) is 0 Å². The van der Waals surface area contributed by atoms with Crippen molar-refractivity contribution in [2.24, 2.45) is 13.0 Å². The number of hydrogen-bond acceptors (Lipinski definition) is 5. The largest absolute Gasteiger partial charge is 0.342 e. The highest BCUT2D eigenvalue weighted by molar-refractivity contribution is 9.10. The third-order valence-corrected chi connectivity index (χ3v) is 6.39. The quantitative estimate of drug-likeness (QED) is 0.406. The van der Waals surface area contributed by atoms with Gasteiger partial charge in [-0.2, -0.15) is 0 Å². The lowest BCUT2D eigenvalue weighted by molar-refractivity contribution is -0.113. The minimum atomic E-state index is -0.880. The average molecular weight is 538 g/mol. The van der Waals surface area contributed by atoms with E-state index in [1.54, 1.807) is 35.9 Å². The van der Waals surface area contributed by atoms with Crippen molar-refractivity contribution in [2.45, 2.75) is 25.0 Å². The lowest BCUT2D eigenvalue weighted by atomic mass is 10.0. The number of carbonyl (C=O) groups excluding carboxylic acids is 2. The van der Waals surface area contributed by atoms with Crippen LogP contribution in [0.3, 0.4) is 0 Å². The standard InChI is InChI=1S/C22H22BrF2N5O2S/c1-12(2)18(27-21(32)13-7-5-4-6-8-13)20-28-29-22(30(20)3)33-11-17(31)26-19-15(23)9-14(24)10-16(19)25/h4-10,12,18H,11H2,1-3H3,(H,26,31)(H,27,32)/t18-/m1/s1. The van der Waals surface area contributed by atoms with Gasteiger partial charge in [0.15, 0.2) is 16.8 Å². The Morgan fingerprint density at radius 2 is 1.85 bits per heavy atom. The minimum Gasteiger partial charge on any atom is -0.342 e. The fourth-order valence-corrected chi connectivity index (χ4v) is 4.26. The van der Waals surface area contributed by atoms with E-state index in [0.717, 1.165) is 17.8 Å². The van der Waals surface area contributed by atoms with Crippen LogP contribution in [0, 0.1) is 17.6 Å². The van der Waals surface area contributed by atoms with Crippen molar-refractivity contribution in [3.8, 4) is 0 Å². The molecule has 0 aliphatic rings. The van der Waals surface area contributed by atoms with Crippen molar-refractivity contribution in [3.63, 3.8) is 0 Å². The molecule has 1 aromatic heterocycles. The first kappa shape index (κ1) is 24.8. The van der Waals surface area contributed by atoms with Crippen molar-refractivity contribution in [3.05, 3.63) is 70.0 Å². The molecular weight excluding hydrogens is 516 g/mol. The molecule has 7 nitrogen and oxygen atoms in total. The van der Waals surface area contributed by atoms with Crippen LogP contribution in [0.4, 0.5) is 14.5 Å². The molecule has 0 aliphatic heterocycles. The summed E-state index contributed by atoms with van der Waals surface area (Å²) in [5.74, 6) is -1.85. The molecule has 0 spiro atoms. The van der Waals surface area contributed by atoms with Gasteiger partial charge in [-0.15, -0.1) is 10.2 Å². The zero-order chi connectivity index (χ0) is 24.1. The maximum Gasteiger partial charge on any atom is 0.251 e. The Bertz CT molecular complexity index is 1130. The normalized spacial score (nSPS) is 12.0. The van der Waals surface area contributed by atoms with Gasteiger partial charge in [0.05, 0.1) is 17.5 Å². The topological polar surface area (TPSA) is 88.9 Å². The molecule has 0 bridgehead atoms. The van der Waals surface area contributed by atoms with E-state index in [0.29, 0.717) is 22.6 Å². The van der Waals surface area contributed by atoms with Crippen LogP contribution in [0.1, 0.15) is 36.1 Å². The van der Waals surface area contributed by atoms with Gasteiger partial charge >= 0.3 is 0 Å². The highest BCUT2D eigenvalue weighted by Crippen LogP contribution is 2.28. The molecule has 3 aromatic rings. The highest BCUT2D eigenvalue weighted by Gasteiger charge is 2.25. The Balaban J connectivity index is 1.68. The number of nitrogens with one attached hydrogen (secondary N) is 2. The van der Waals surface area contributed by atoms with Gasteiger partial charge in [0.25, 0.3) is 5.91 Å². The van der Waals surface area contributed by atoms with E-state index in [-0.39, 0.29) is 27.7 Å². The SMILES string of the molecule is CC(C)[C@@H](NC(=O)c1ccccc1)c1nnc(SCC(=O)Nc2c(F)cc(F)cc2Br)n1C. The summed E-state index contributed by atoms with van der Waals surface area (Å²) in [6, 6.07) is 10.2. The summed E-state index contributed by atoms with van der Waals surface area (Å²) in [6.45, 7) is 3.92. The predicted molar refractivity (Wildman–Crippen MR) is 126 cm³/mol. The van der Waals surface area contributed by atoms with Crippen LogP contribution in [0.25, 0.3) is 0 Å². The summed E-state index contributed by atoms with van der Waals surface area (Å²) >= 11 is 4.15. The number of nitrogens with zero attached hydrogens (tertiary/aromatic N) is 3. The van der Waals surface area contributed by atoms with Gasteiger partial charge in [-0.25, -0.2) is 8.78 Å². The molecular formula is C22H22BrF2N5O2S. The van der Waals surface area contributed by atoms with E-state index in [1.807, 2.05) is 19.9 Å². The Labute approximate surface area is 202 Å². The van der Waals surface area contributed by atoms with Crippen molar-refractivity contribution >= 4 is 45.2 Å². The molecule has 0 fully saturated rings. The van der Waals surface area contributed by atoms with Crippen LogP contribution in [-0.4, -0.2) is 32.3 Å². The van der Waals surface area contributed by atoms with Crippen molar-refractivity contribution < 1.29 is 18.4 Å². The minimum absolute atomic E-state index is 0.0283. The fraction of sp³-hybridized carbons (Fsp3) is 0.273. The molecule has 0 aliphatic carbocycles. The lowest BCUT2D eigenvalue weighted by Crippen LogP contribution is -2.33. The number of carbonyl (C=O) groups is 2. The Hall–Kier alpha value is -2.79. The third kappa shape index (κ3) is 6.17. The average Bonchev–Trinajstić information content (AvgIpc) is 3.13. The van der Waals surface area contributed by atoms with Crippen molar-refractivity contribution in [1.29, 1.82) is 0 Å². The number of anilines is 1. The molecule has 174 valence electrons. The van der Waals surface area contributed by atoms with E-state index in [2.05, 4.69) is 36.8 Å². The Morgan fingerprint density at radius 3 is 2.48 bits per heavy atom. The zero-order valence-corrected chi connectivity index (χ0v) is 20.5. The monoisotopic (exact) mass is 537 g/mol. The van der Waals surface area contributed by atoms with Crippen LogP contribution in [0.2, 0.25) is 0 Å². The number of benzene rings is 2. The van der Waals surface area contributed by atoms with Crippen molar-refractivity contribution in [2.75, 3.05) is 11.1 Å². The molecule has 1 heterocycles. The van der Waals surface area contributed by atoms with E-state index >= 15 is 0 Å². The number of thioether (sulfide) groups is 1. The van der Waals surface area contributed by atoms with Gasteiger partial charge in [-0.05, 0) is 40.0 Å². The predicted octanol–water partition coefficient (Wildman–Crippen LogP) is 4.71. The van der Waals surface area contributed by atoms with Crippen LogP contribution < -0.4 is 10.6 Å². The molecule has 1 atom stereocenters. The van der Waals surface area contributed by atoms with Gasteiger partial charge in [-0.1, -0.05) is 43.8 Å². The summed E-state index contributed by atoms with van der Waals surface area (Å²) in [4.78, 5) is 24.9. The molecule has 11 heteroatoms. The second-order valence-corrected chi connectivity index (χ2v) is 9.34. The van der Waals surface area contributed by atoms with Gasteiger partial charge < -0.3 is 15.2 Å². The molecule has 2 N–H and O–H groups in total. The lowest BCUT2D eigenvalue weighted by Gasteiger charge is -2.21. The number of halogens is 3. The first-order valence-corrected chi connectivity index (χ1v) is 11.8. The molecule has 0 radical (unpaired) electrons. The smallest absolute Gasteiger partial charge is 0.251 e. The van der Waals surface area contributed by atoms with E-state index in [9.17, 15) is 18.4 Å². The fourth-order valence-electron chi connectivity index (χ4n) is 3.03. The number of hydrogen-bond donors (Lipinski definition) is 2. The summed E-state index contributed by atoms with van der Waals surface area (Å²) in [5.41, 5.74) is 0.403. The molecule has 0 saturated heterocycles. The van der Waals surface area contributed by atoms with Crippen LogP contribution in [-0.2, 0) is 11.8 Å². The molecule has 2 aromatic carbocycles. The van der Waals surface area contributed by atoms with Crippen molar-refractivity contribution in [1.82, 2.24) is 20.1 Å². The first-order valence-electron chi connectivity index (χ1n) is 9.99. The number of rotatable bonds is 8. The molecule has 3 rings (SSSR count). The van der Waals surface area contributed by atoms with E-state index < -0.39 is 23.6 Å². The van der Waals surface area contributed by atoms with Crippen LogP contribution in [0.15, 0.2) is 52.1 Å². The molecule has 0 saturated carbocycles. The Kier molecular flexibility index (Phi) is 8.20. The second-order valence-electron chi connectivity index (χ2n) is 7.54. The number of amides is 2. The molecule has 2 amide bonds. The zero-order valence-electron chi connectivity index (χ0n) is 18.1. The molecule has 0 unspecified atom stereocenters. The molecule has 33 heavy (non-hydrogen) atoms. The van der Waals surface area contributed by atoms with Gasteiger partial charge in [0.2, 0.25) is 5.91 Å². The van der Waals surface area contributed by atoms with Gasteiger partial charge in [0.1, 0.15) is 5.82 Å². The summed E-state index contributed by atoms with van der Waals surface area (Å²) in [5, 5.41) is 14.2. The summed E-state index contributed by atoms with van der Waals surface area (Å²) in [7, 11) is 1.75. The maximum absolute atomic E-state index is 13.9.